The summed E-state index contributed by atoms with van der Waals surface area (Å²) < 4.78 is 0. The van der Waals surface area contributed by atoms with Crippen molar-refractivity contribution in [2.45, 2.75) is 33.2 Å². The monoisotopic (exact) mass is 178 g/mol. The molecule has 2 heteroatoms. The van der Waals surface area contributed by atoms with Gasteiger partial charge in [0.15, 0.2) is 0 Å². The van der Waals surface area contributed by atoms with Crippen LogP contribution in [0.5, 0.6) is 0 Å². The molecule has 0 saturated carbocycles. The molecule has 0 aliphatic rings. The van der Waals surface area contributed by atoms with Crippen molar-refractivity contribution in [3.8, 4) is 0 Å². The van der Waals surface area contributed by atoms with E-state index >= 15 is 0 Å². The Morgan fingerprint density at radius 3 is 2.62 bits per heavy atom. The minimum absolute atomic E-state index is 0.457. The van der Waals surface area contributed by atoms with Crippen molar-refractivity contribution < 1.29 is 0 Å². The van der Waals surface area contributed by atoms with Crippen molar-refractivity contribution in [2.24, 2.45) is 0 Å². The van der Waals surface area contributed by atoms with Crippen LogP contribution in [0.1, 0.15) is 37.6 Å². The number of nitrogens with zero attached hydrogens (tertiary/aromatic N) is 1. The fourth-order valence-electron chi connectivity index (χ4n) is 1.43. The molecule has 1 N–H and O–H groups in total. The molecule has 1 atom stereocenters. The van der Waals surface area contributed by atoms with Crippen LogP contribution >= 0.6 is 0 Å². The number of hydrogen-bond acceptors (Lipinski definition) is 2. The average molecular weight is 178 g/mol. The van der Waals surface area contributed by atoms with Crippen LogP contribution < -0.4 is 5.32 Å². The molecule has 0 fully saturated rings. The van der Waals surface area contributed by atoms with Gasteiger partial charge in [-0.05, 0) is 31.5 Å². The van der Waals surface area contributed by atoms with E-state index < -0.39 is 0 Å². The first-order chi connectivity index (χ1) is 6.27. The summed E-state index contributed by atoms with van der Waals surface area (Å²) in [6, 6.07) is 4.67. The molecule has 0 aliphatic carbocycles. The highest BCUT2D eigenvalue weighted by Crippen LogP contribution is 2.14. The van der Waals surface area contributed by atoms with Crippen LogP contribution in [-0.4, -0.2) is 11.5 Å². The van der Waals surface area contributed by atoms with Gasteiger partial charge in [0.1, 0.15) is 0 Å². The predicted molar refractivity (Wildman–Crippen MR) is 55.7 cm³/mol. The lowest BCUT2D eigenvalue weighted by Gasteiger charge is -2.15. The fraction of sp³-hybridized carbons (Fsp3) is 0.545. The van der Waals surface area contributed by atoms with Gasteiger partial charge in [-0.15, -0.1) is 0 Å². The summed E-state index contributed by atoms with van der Waals surface area (Å²) in [5, 5.41) is 3.43. The smallest absolute Gasteiger partial charge is 0.0372 e. The molecule has 1 heterocycles. The van der Waals surface area contributed by atoms with Crippen LogP contribution in [-0.2, 0) is 0 Å². The molecular weight excluding hydrogens is 160 g/mol. The van der Waals surface area contributed by atoms with E-state index in [0.717, 1.165) is 18.7 Å². The summed E-state index contributed by atoms with van der Waals surface area (Å²) in [4.78, 5) is 4.29. The van der Waals surface area contributed by atoms with E-state index in [9.17, 15) is 0 Å². The first-order valence-electron chi connectivity index (χ1n) is 4.93. The number of pyridine rings is 1. The van der Waals surface area contributed by atoms with Gasteiger partial charge in [-0.3, -0.25) is 4.98 Å². The van der Waals surface area contributed by atoms with E-state index in [1.54, 1.807) is 0 Å². The van der Waals surface area contributed by atoms with E-state index in [1.807, 2.05) is 13.1 Å². The molecule has 1 aromatic heterocycles. The third-order valence-electron chi connectivity index (χ3n) is 2.20. The molecular formula is C11H18N2. The lowest BCUT2D eigenvalue weighted by Crippen LogP contribution is -2.20. The largest absolute Gasteiger partial charge is 0.310 e. The molecule has 1 aromatic rings. The number of aromatic nitrogens is 1. The lowest BCUT2D eigenvalue weighted by molar-refractivity contribution is 0.535. The Kier molecular flexibility index (Phi) is 3.90. The van der Waals surface area contributed by atoms with Crippen molar-refractivity contribution in [1.29, 1.82) is 0 Å². The zero-order valence-corrected chi connectivity index (χ0v) is 8.67. The summed E-state index contributed by atoms with van der Waals surface area (Å²) in [7, 11) is 0. The van der Waals surface area contributed by atoms with Crippen LogP contribution in [0.4, 0.5) is 0 Å². The van der Waals surface area contributed by atoms with Gasteiger partial charge in [-0.2, -0.15) is 0 Å². The molecule has 2 nitrogen and oxygen atoms in total. The molecule has 1 rings (SSSR count). The van der Waals surface area contributed by atoms with Crippen LogP contribution in [0.25, 0.3) is 0 Å². The summed E-state index contributed by atoms with van der Waals surface area (Å²) in [6.07, 6.45) is 3.07. The van der Waals surface area contributed by atoms with Crippen molar-refractivity contribution in [1.82, 2.24) is 10.3 Å². The molecule has 72 valence electrons. The minimum Gasteiger partial charge on any atom is -0.310 e. The van der Waals surface area contributed by atoms with E-state index in [4.69, 9.17) is 0 Å². The van der Waals surface area contributed by atoms with Crippen LogP contribution in [0, 0.1) is 6.92 Å². The lowest BCUT2D eigenvalue weighted by atomic mass is 10.1. The van der Waals surface area contributed by atoms with Gasteiger partial charge >= 0.3 is 0 Å². The van der Waals surface area contributed by atoms with Gasteiger partial charge in [0, 0.05) is 17.9 Å². The quantitative estimate of drug-likeness (QED) is 0.766. The molecule has 13 heavy (non-hydrogen) atoms. The SMILES string of the molecule is CCN[C@@H](CC)c1ccc(C)nc1. The highest BCUT2D eigenvalue weighted by atomic mass is 14.9. The molecule has 0 bridgehead atoms. The minimum atomic E-state index is 0.457. The second kappa shape index (κ2) is 4.97. The Hall–Kier alpha value is -0.890. The summed E-state index contributed by atoms with van der Waals surface area (Å²) in [5.74, 6) is 0. The predicted octanol–water partition coefficient (Wildman–Crippen LogP) is 2.45. The summed E-state index contributed by atoms with van der Waals surface area (Å²) in [6.45, 7) is 7.34. The van der Waals surface area contributed by atoms with Gasteiger partial charge < -0.3 is 5.32 Å². The standard InChI is InChI=1S/C11H18N2/c1-4-11(12-5-2)10-7-6-9(3)13-8-10/h6-8,11-12H,4-5H2,1-3H3/t11-/m0/s1. The average Bonchev–Trinajstić information content (AvgIpc) is 2.16. The Morgan fingerprint density at radius 1 is 1.38 bits per heavy atom. The highest BCUT2D eigenvalue weighted by molar-refractivity contribution is 5.16. The zero-order chi connectivity index (χ0) is 9.68. The van der Waals surface area contributed by atoms with Crippen LogP contribution in [0.15, 0.2) is 18.3 Å². The fourth-order valence-corrected chi connectivity index (χ4v) is 1.43. The Morgan fingerprint density at radius 2 is 2.15 bits per heavy atom. The summed E-state index contributed by atoms with van der Waals surface area (Å²) in [5.41, 5.74) is 2.37. The number of nitrogens with one attached hydrogen (secondary N) is 1. The van der Waals surface area contributed by atoms with Crippen molar-refractivity contribution in [3.63, 3.8) is 0 Å². The van der Waals surface area contributed by atoms with Crippen molar-refractivity contribution in [2.75, 3.05) is 6.54 Å². The topological polar surface area (TPSA) is 24.9 Å². The van der Waals surface area contributed by atoms with Gasteiger partial charge in [0.05, 0.1) is 0 Å². The third-order valence-corrected chi connectivity index (χ3v) is 2.20. The normalized spacial score (nSPS) is 12.8. The highest BCUT2D eigenvalue weighted by Gasteiger charge is 2.06. The van der Waals surface area contributed by atoms with Gasteiger partial charge in [0.2, 0.25) is 0 Å². The molecule has 0 unspecified atom stereocenters. The van der Waals surface area contributed by atoms with Gasteiger partial charge in [-0.1, -0.05) is 19.9 Å². The van der Waals surface area contributed by atoms with E-state index in [-0.39, 0.29) is 0 Å². The first-order valence-corrected chi connectivity index (χ1v) is 4.93. The molecule has 0 aromatic carbocycles. The third kappa shape index (κ3) is 2.81. The Bertz CT molecular complexity index is 241. The van der Waals surface area contributed by atoms with E-state index in [1.165, 1.54) is 5.56 Å². The maximum Gasteiger partial charge on any atom is 0.0372 e. The number of rotatable bonds is 4. The Balaban J connectivity index is 2.73. The molecule has 0 spiro atoms. The zero-order valence-electron chi connectivity index (χ0n) is 8.67. The first kappa shape index (κ1) is 10.2. The molecule has 0 amide bonds. The Labute approximate surface area is 80.4 Å². The number of hydrogen-bond donors (Lipinski definition) is 1. The van der Waals surface area contributed by atoms with Crippen LogP contribution in [0.2, 0.25) is 0 Å². The van der Waals surface area contributed by atoms with Crippen molar-refractivity contribution in [3.05, 3.63) is 29.6 Å². The summed E-state index contributed by atoms with van der Waals surface area (Å²) >= 11 is 0. The second-order valence-electron chi connectivity index (χ2n) is 3.25. The van der Waals surface area contributed by atoms with Crippen LogP contribution in [0.3, 0.4) is 0 Å². The molecule has 0 radical (unpaired) electrons. The molecule has 0 aliphatic heterocycles. The maximum absolute atomic E-state index is 4.29. The molecule has 0 saturated heterocycles. The van der Waals surface area contributed by atoms with Gasteiger partial charge in [0.25, 0.3) is 0 Å². The number of aryl methyl sites for hydroxylation is 1. The van der Waals surface area contributed by atoms with E-state index in [2.05, 4.69) is 36.3 Å². The second-order valence-corrected chi connectivity index (χ2v) is 3.25. The van der Waals surface area contributed by atoms with E-state index in [0.29, 0.717) is 6.04 Å². The van der Waals surface area contributed by atoms with Crippen molar-refractivity contribution >= 4 is 0 Å². The maximum atomic E-state index is 4.29. The van der Waals surface area contributed by atoms with Gasteiger partial charge in [-0.25, -0.2) is 0 Å².